The predicted molar refractivity (Wildman–Crippen MR) is 85.0 cm³/mol. The highest BCUT2D eigenvalue weighted by atomic mass is 19.1. The van der Waals surface area contributed by atoms with Crippen LogP contribution >= 0.6 is 0 Å². The van der Waals surface area contributed by atoms with E-state index in [4.69, 9.17) is 0 Å². The molecule has 0 radical (unpaired) electrons. The van der Waals surface area contributed by atoms with Crippen molar-refractivity contribution in [3.8, 4) is 0 Å². The smallest absolute Gasteiger partial charge is 0.227 e. The second kappa shape index (κ2) is 6.37. The first kappa shape index (κ1) is 15.5. The van der Waals surface area contributed by atoms with Gasteiger partial charge in [0.05, 0.1) is 6.42 Å². The standard InChI is InChI=1S/C18H25FN2O/c1-13(2)12-20-8-6-17-16(20)7-9-21(17)18(22)11-14-4-3-5-15(19)10-14/h3-5,10,13,16-17H,6-9,11-12H2,1-2H3/t16-,17+/m0/s1. The van der Waals surface area contributed by atoms with Gasteiger partial charge in [-0.25, -0.2) is 4.39 Å². The van der Waals surface area contributed by atoms with E-state index in [1.807, 2.05) is 11.0 Å². The number of likely N-dealkylation sites (tertiary alicyclic amines) is 2. The number of amides is 1. The van der Waals surface area contributed by atoms with E-state index in [0.29, 0.717) is 24.4 Å². The van der Waals surface area contributed by atoms with Crippen LogP contribution in [0.5, 0.6) is 0 Å². The zero-order valence-corrected chi connectivity index (χ0v) is 13.5. The predicted octanol–water partition coefficient (Wildman–Crippen LogP) is 2.70. The summed E-state index contributed by atoms with van der Waals surface area (Å²) in [6, 6.07) is 7.27. The molecule has 3 rings (SSSR count). The highest BCUT2D eigenvalue weighted by Crippen LogP contribution is 2.32. The van der Waals surface area contributed by atoms with Gasteiger partial charge in [0.15, 0.2) is 0 Å². The maximum atomic E-state index is 13.3. The van der Waals surface area contributed by atoms with Crippen molar-refractivity contribution < 1.29 is 9.18 Å². The number of benzene rings is 1. The molecule has 0 aliphatic carbocycles. The van der Waals surface area contributed by atoms with Crippen LogP contribution < -0.4 is 0 Å². The highest BCUT2D eigenvalue weighted by molar-refractivity contribution is 5.79. The molecule has 22 heavy (non-hydrogen) atoms. The number of rotatable bonds is 4. The SMILES string of the molecule is CC(C)CN1CC[C@@H]2[C@@H]1CCN2C(=O)Cc1cccc(F)c1. The normalized spacial score (nSPS) is 25.0. The molecule has 1 aromatic carbocycles. The number of carbonyl (C=O) groups excluding carboxylic acids is 1. The van der Waals surface area contributed by atoms with Gasteiger partial charge in [-0.3, -0.25) is 9.69 Å². The first-order valence-corrected chi connectivity index (χ1v) is 8.32. The second-order valence-corrected chi connectivity index (χ2v) is 6.99. The molecule has 4 heteroatoms. The molecule has 0 bridgehead atoms. The lowest BCUT2D eigenvalue weighted by molar-refractivity contribution is -0.131. The summed E-state index contributed by atoms with van der Waals surface area (Å²) < 4.78 is 13.3. The topological polar surface area (TPSA) is 23.6 Å². The maximum absolute atomic E-state index is 13.3. The van der Waals surface area contributed by atoms with Crippen LogP contribution in [-0.2, 0) is 11.2 Å². The minimum absolute atomic E-state index is 0.143. The third-order valence-electron chi connectivity index (χ3n) is 4.86. The Morgan fingerprint density at radius 3 is 2.77 bits per heavy atom. The summed E-state index contributed by atoms with van der Waals surface area (Å²) in [5, 5.41) is 0. The van der Waals surface area contributed by atoms with Gasteiger partial charge in [-0.1, -0.05) is 26.0 Å². The minimum atomic E-state index is -0.270. The highest BCUT2D eigenvalue weighted by Gasteiger charge is 2.43. The van der Waals surface area contributed by atoms with Crippen molar-refractivity contribution in [2.75, 3.05) is 19.6 Å². The van der Waals surface area contributed by atoms with E-state index in [0.717, 1.165) is 38.0 Å². The van der Waals surface area contributed by atoms with Crippen molar-refractivity contribution >= 4 is 5.91 Å². The summed E-state index contributed by atoms with van der Waals surface area (Å²) in [6.45, 7) is 7.55. The summed E-state index contributed by atoms with van der Waals surface area (Å²) in [6.07, 6.45) is 2.46. The van der Waals surface area contributed by atoms with Crippen LogP contribution in [0.25, 0.3) is 0 Å². The van der Waals surface area contributed by atoms with Crippen molar-refractivity contribution in [2.45, 2.75) is 45.2 Å². The monoisotopic (exact) mass is 304 g/mol. The van der Waals surface area contributed by atoms with Gasteiger partial charge in [0, 0.05) is 31.7 Å². The summed E-state index contributed by atoms with van der Waals surface area (Å²) in [5.74, 6) is 0.536. The van der Waals surface area contributed by atoms with Gasteiger partial charge in [0.25, 0.3) is 0 Å². The van der Waals surface area contributed by atoms with Crippen LogP contribution in [0.2, 0.25) is 0 Å². The van der Waals surface area contributed by atoms with Crippen LogP contribution in [-0.4, -0.2) is 47.4 Å². The fourth-order valence-electron chi connectivity index (χ4n) is 4.00. The van der Waals surface area contributed by atoms with Crippen LogP contribution in [0.4, 0.5) is 4.39 Å². The number of carbonyl (C=O) groups is 1. The van der Waals surface area contributed by atoms with Crippen molar-refractivity contribution in [1.82, 2.24) is 9.80 Å². The van der Waals surface area contributed by atoms with Crippen LogP contribution in [0.3, 0.4) is 0 Å². The van der Waals surface area contributed by atoms with E-state index in [1.165, 1.54) is 12.1 Å². The molecular weight excluding hydrogens is 279 g/mol. The Bertz CT molecular complexity index is 546. The zero-order valence-electron chi connectivity index (χ0n) is 13.5. The Hall–Kier alpha value is -1.42. The average molecular weight is 304 g/mol. The van der Waals surface area contributed by atoms with Gasteiger partial charge in [0.2, 0.25) is 5.91 Å². The first-order chi connectivity index (χ1) is 10.5. The average Bonchev–Trinajstić information content (AvgIpc) is 3.01. The molecule has 0 N–H and O–H groups in total. The van der Waals surface area contributed by atoms with Crippen LogP contribution in [0.1, 0.15) is 32.3 Å². The van der Waals surface area contributed by atoms with Crippen molar-refractivity contribution in [3.63, 3.8) is 0 Å². The molecule has 1 aromatic rings. The van der Waals surface area contributed by atoms with E-state index in [1.54, 1.807) is 6.07 Å². The largest absolute Gasteiger partial charge is 0.338 e. The van der Waals surface area contributed by atoms with E-state index < -0.39 is 0 Å². The lowest BCUT2D eigenvalue weighted by Crippen LogP contribution is -2.41. The first-order valence-electron chi connectivity index (χ1n) is 8.32. The fraction of sp³-hybridized carbons (Fsp3) is 0.611. The minimum Gasteiger partial charge on any atom is -0.338 e. The molecule has 2 fully saturated rings. The van der Waals surface area contributed by atoms with Gasteiger partial charge in [-0.2, -0.15) is 0 Å². The molecule has 0 saturated carbocycles. The van der Waals surface area contributed by atoms with Gasteiger partial charge in [0.1, 0.15) is 5.82 Å². The molecule has 2 aliphatic rings. The molecule has 1 amide bonds. The van der Waals surface area contributed by atoms with E-state index >= 15 is 0 Å². The van der Waals surface area contributed by atoms with Crippen LogP contribution in [0.15, 0.2) is 24.3 Å². The Kier molecular flexibility index (Phi) is 4.48. The molecule has 2 aliphatic heterocycles. The van der Waals surface area contributed by atoms with Crippen molar-refractivity contribution in [1.29, 1.82) is 0 Å². The third-order valence-corrected chi connectivity index (χ3v) is 4.86. The fourth-order valence-corrected chi connectivity index (χ4v) is 4.00. The summed E-state index contributed by atoms with van der Waals surface area (Å²) in [5.41, 5.74) is 0.769. The number of hydrogen-bond donors (Lipinski definition) is 0. The summed E-state index contributed by atoms with van der Waals surface area (Å²) in [7, 11) is 0. The quantitative estimate of drug-likeness (QED) is 0.854. The molecule has 120 valence electrons. The Labute approximate surface area is 132 Å². The van der Waals surface area contributed by atoms with Crippen molar-refractivity contribution in [3.05, 3.63) is 35.6 Å². The second-order valence-electron chi connectivity index (χ2n) is 6.99. The molecule has 2 atom stereocenters. The number of hydrogen-bond acceptors (Lipinski definition) is 2. The summed E-state index contributed by atoms with van der Waals surface area (Å²) >= 11 is 0. The molecule has 2 heterocycles. The molecule has 3 nitrogen and oxygen atoms in total. The molecule has 0 aromatic heterocycles. The Morgan fingerprint density at radius 1 is 1.27 bits per heavy atom. The number of halogens is 1. The van der Waals surface area contributed by atoms with Crippen LogP contribution in [0, 0.1) is 11.7 Å². The Balaban J connectivity index is 1.63. The van der Waals surface area contributed by atoms with E-state index in [2.05, 4.69) is 18.7 Å². The Morgan fingerprint density at radius 2 is 2.05 bits per heavy atom. The van der Waals surface area contributed by atoms with Gasteiger partial charge < -0.3 is 4.90 Å². The number of nitrogens with zero attached hydrogens (tertiary/aromatic N) is 2. The van der Waals surface area contributed by atoms with Gasteiger partial charge in [-0.15, -0.1) is 0 Å². The molecule has 0 unspecified atom stereocenters. The van der Waals surface area contributed by atoms with Gasteiger partial charge in [-0.05, 0) is 36.5 Å². The maximum Gasteiger partial charge on any atom is 0.227 e. The number of fused-ring (bicyclic) bond motifs is 1. The van der Waals surface area contributed by atoms with Gasteiger partial charge >= 0.3 is 0 Å². The molecule has 0 spiro atoms. The van der Waals surface area contributed by atoms with Crippen molar-refractivity contribution in [2.24, 2.45) is 5.92 Å². The van der Waals surface area contributed by atoms with E-state index in [9.17, 15) is 9.18 Å². The third kappa shape index (κ3) is 3.17. The lowest BCUT2D eigenvalue weighted by Gasteiger charge is -2.26. The summed E-state index contributed by atoms with van der Waals surface area (Å²) in [4.78, 5) is 17.2. The van der Waals surface area contributed by atoms with E-state index in [-0.39, 0.29) is 11.7 Å². The molecular formula is C18H25FN2O. The lowest BCUT2D eigenvalue weighted by atomic mass is 10.1. The molecule has 2 saturated heterocycles. The zero-order chi connectivity index (χ0) is 15.7.